The topological polar surface area (TPSA) is 60.2 Å². The van der Waals surface area contributed by atoms with E-state index in [1.54, 1.807) is 29.1 Å². The molecule has 3 rings (SSSR count). The molecule has 1 fully saturated rings. The summed E-state index contributed by atoms with van der Waals surface area (Å²) in [6.07, 6.45) is 6.34. The van der Waals surface area contributed by atoms with Gasteiger partial charge in [0.2, 0.25) is 5.91 Å². The molecule has 2 aromatic rings. The van der Waals surface area contributed by atoms with Crippen LogP contribution in [0.25, 0.3) is 10.9 Å². The molecule has 0 bridgehead atoms. The van der Waals surface area contributed by atoms with Gasteiger partial charge in [-0.15, -0.1) is 0 Å². The van der Waals surface area contributed by atoms with Crippen LogP contribution in [0.15, 0.2) is 48.2 Å². The average Bonchev–Trinajstić information content (AvgIpc) is 3.02. The predicted molar refractivity (Wildman–Crippen MR) is 88.1 cm³/mol. The van der Waals surface area contributed by atoms with Gasteiger partial charge in [-0.05, 0) is 35.8 Å². The highest BCUT2D eigenvalue weighted by atomic mass is 16.2. The molecule has 0 radical (unpaired) electrons. The molecule has 2 heterocycles. The number of carbonyl (C=O) groups excluding carboxylic acids is 1. The largest absolute Gasteiger partial charge is 0.338 e. The van der Waals surface area contributed by atoms with E-state index in [0.717, 1.165) is 28.5 Å². The van der Waals surface area contributed by atoms with E-state index in [4.69, 9.17) is 5.26 Å². The van der Waals surface area contributed by atoms with Crippen molar-refractivity contribution in [2.45, 2.75) is 13.0 Å². The van der Waals surface area contributed by atoms with Gasteiger partial charge < -0.3 is 9.80 Å². The highest BCUT2D eigenvalue weighted by Crippen LogP contribution is 2.16. The molecule has 0 spiro atoms. The summed E-state index contributed by atoms with van der Waals surface area (Å²) in [5, 5.41) is 9.93. The van der Waals surface area contributed by atoms with Crippen LogP contribution >= 0.6 is 0 Å². The molecule has 0 atom stereocenters. The van der Waals surface area contributed by atoms with Gasteiger partial charge in [0.1, 0.15) is 0 Å². The van der Waals surface area contributed by atoms with Crippen molar-refractivity contribution >= 4 is 16.8 Å². The van der Waals surface area contributed by atoms with Crippen LogP contribution in [0.3, 0.4) is 0 Å². The number of carbonyl (C=O) groups is 1. The Bertz CT molecular complexity index is 806. The van der Waals surface area contributed by atoms with Gasteiger partial charge in [0.25, 0.3) is 0 Å². The van der Waals surface area contributed by atoms with Crippen molar-refractivity contribution in [1.29, 1.82) is 5.26 Å². The minimum atomic E-state index is -0.0222. The molecular weight excluding hydrogens is 288 g/mol. The van der Waals surface area contributed by atoms with E-state index in [9.17, 15) is 4.79 Å². The van der Waals surface area contributed by atoms with E-state index in [1.807, 2.05) is 24.3 Å². The molecule has 5 nitrogen and oxygen atoms in total. The summed E-state index contributed by atoms with van der Waals surface area (Å²) in [5.41, 5.74) is 3.05. The van der Waals surface area contributed by atoms with Crippen molar-refractivity contribution in [3.05, 3.63) is 53.7 Å². The van der Waals surface area contributed by atoms with E-state index < -0.39 is 0 Å². The Morgan fingerprint density at radius 1 is 1.48 bits per heavy atom. The minimum absolute atomic E-state index is 0.0222. The lowest BCUT2D eigenvalue weighted by atomic mass is 10.1. The number of aromatic nitrogens is 1. The number of amides is 1. The lowest BCUT2D eigenvalue weighted by molar-refractivity contribution is -0.125. The fourth-order valence-corrected chi connectivity index (χ4v) is 2.75. The quantitative estimate of drug-likeness (QED) is 0.645. The first kappa shape index (κ1) is 15.0. The maximum absolute atomic E-state index is 12.3. The van der Waals surface area contributed by atoms with Crippen LogP contribution in [0.5, 0.6) is 0 Å². The number of fused-ring (bicyclic) bond motifs is 1. The number of rotatable bonds is 3. The predicted octanol–water partition coefficient (Wildman–Crippen LogP) is 2.31. The molecule has 1 aromatic heterocycles. The average molecular weight is 306 g/mol. The maximum atomic E-state index is 12.3. The zero-order valence-electron chi connectivity index (χ0n) is 13.1. The molecule has 23 heavy (non-hydrogen) atoms. The molecule has 0 saturated carbocycles. The highest BCUT2D eigenvalue weighted by Gasteiger charge is 2.17. The summed E-state index contributed by atoms with van der Waals surface area (Å²) in [7, 11) is 1.80. The van der Waals surface area contributed by atoms with Gasteiger partial charge in [0.15, 0.2) is 6.19 Å². The maximum Gasteiger partial charge on any atom is 0.246 e. The lowest BCUT2D eigenvalue weighted by Crippen LogP contribution is -2.24. The first-order valence-corrected chi connectivity index (χ1v) is 7.58. The summed E-state index contributed by atoms with van der Waals surface area (Å²) in [6, 6.07) is 9.96. The molecule has 0 N–H and O–H groups in total. The van der Waals surface area contributed by atoms with Gasteiger partial charge in [-0.25, -0.2) is 0 Å². The summed E-state index contributed by atoms with van der Waals surface area (Å²) >= 11 is 0. The SMILES string of the molecule is CN(Cc1ccc2ncccc2c1)C(=O)/C=C1/CCN(C#N)C1. The third-order valence-corrected chi connectivity index (χ3v) is 4.03. The summed E-state index contributed by atoms with van der Waals surface area (Å²) < 4.78 is 0. The Morgan fingerprint density at radius 2 is 2.35 bits per heavy atom. The van der Waals surface area contributed by atoms with E-state index in [2.05, 4.69) is 17.2 Å². The first-order chi connectivity index (χ1) is 11.2. The van der Waals surface area contributed by atoms with Crippen molar-refractivity contribution in [2.75, 3.05) is 20.1 Å². The number of hydrogen-bond acceptors (Lipinski definition) is 4. The van der Waals surface area contributed by atoms with Gasteiger partial charge in [-0.1, -0.05) is 12.1 Å². The Morgan fingerprint density at radius 3 is 3.13 bits per heavy atom. The number of benzene rings is 1. The Labute approximate surface area is 135 Å². The van der Waals surface area contributed by atoms with Gasteiger partial charge in [0.05, 0.1) is 5.52 Å². The van der Waals surface area contributed by atoms with Crippen molar-refractivity contribution < 1.29 is 4.79 Å². The summed E-state index contributed by atoms with van der Waals surface area (Å²) in [4.78, 5) is 20.0. The minimum Gasteiger partial charge on any atom is -0.338 e. The zero-order valence-corrected chi connectivity index (χ0v) is 13.1. The smallest absolute Gasteiger partial charge is 0.246 e. The van der Waals surface area contributed by atoms with E-state index >= 15 is 0 Å². The van der Waals surface area contributed by atoms with Crippen LogP contribution < -0.4 is 0 Å². The van der Waals surface area contributed by atoms with Gasteiger partial charge in [-0.2, -0.15) is 5.26 Å². The Balaban J connectivity index is 1.68. The normalized spacial score (nSPS) is 15.8. The molecule has 0 unspecified atom stereocenters. The van der Waals surface area contributed by atoms with Crippen molar-refractivity contribution in [2.24, 2.45) is 0 Å². The molecule has 1 aliphatic rings. The molecule has 0 aliphatic carbocycles. The monoisotopic (exact) mass is 306 g/mol. The summed E-state index contributed by atoms with van der Waals surface area (Å²) in [6.45, 7) is 1.82. The number of hydrogen-bond donors (Lipinski definition) is 0. The first-order valence-electron chi connectivity index (χ1n) is 7.58. The number of nitrogens with zero attached hydrogens (tertiary/aromatic N) is 4. The van der Waals surface area contributed by atoms with Crippen LogP contribution in [0.4, 0.5) is 0 Å². The van der Waals surface area contributed by atoms with Gasteiger partial charge in [0, 0.05) is 44.3 Å². The molecule has 1 saturated heterocycles. The van der Waals surface area contributed by atoms with Crippen molar-refractivity contribution in [3.63, 3.8) is 0 Å². The van der Waals surface area contributed by atoms with Gasteiger partial charge in [-0.3, -0.25) is 9.78 Å². The van der Waals surface area contributed by atoms with Crippen LogP contribution in [-0.4, -0.2) is 40.8 Å². The van der Waals surface area contributed by atoms with Gasteiger partial charge >= 0.3 is 0 Å². The fraction of sp³-hybridized carbons (Fsp3) is 0.278. The van der Waals surface area contributed by atoms with Crippen LogP contribution in [0.1, 0.15) is 12.0 Å². The second-order valence-electron chi connectivity index (χ2n) is 5.80. The van der Waals surface area contributed by atoms with Crippen molar-refractivity contribution in [3.8, 4) is 6.19 Å². The highest BCUT2D eigenvalue weighted by molar-refractivity contribution is 5.88. The molecule has 1 aliphatic heterocycles. The van der Waals surface area contributed by atoms with Crippen LogP contribution in [0, 0.1) is 11.5 Å². The van der Waals surface area contributed by atoms with E-state index in [0.29, 0.717) is 19.6 Å². The number of nitriles is 1. The zero-order chi connectivity index (χ0) is 16.2. The second-order valence-corrected chi connectivity index (χ2v) is 5.80. The molecular formula is C18H18N4O. The lowest BCUT2D eigenvalue weighted by Gasteiger charge is -2.16. The Kier molecular flexibility index (Phi) is 4.24. The van der Waals surface area contributed by atoms with Crippen LogP contribution in [0.2, 0.25) is 0 Å². The van der Waals surface area contributed by atoms with E-state index in [1.165, 1.54) is 0 Å². The standard InChI is InChI=1S/C18H18N4O/c1-21(18(23)10-15-6-8-22(12-15)13-19)11-14-4-5-17-16(9-14)3-2-7-20-17/h2-5,7,9-10H,6,8,11-12H2,1H3/b15-10-. The molecule has 1 amide bonds. The van der Waals surface area contributed by atoms with Crippen molar-refractivity contribution in [1.82, 2.24) is 14.8 Å². The second kappa shape index (κ2) is 6.49. The third kappa shape index (κ3) is 3.49. The molecule has 116 valence electrons. The summed E-state index contributed by atoms with van der Waals surface area (Å²) in [5.74, 6) is -0.0222. The Hall–Kier alpha value is -2.87. The third-order valence-electron chi connectivity index (χ3n) is 4.03. The van der Waals surface area contributed by atoms with E-state index in [-0.39, 0.29) is 5.91 Å². The fourth-order valence-electron chi connectivity index (χ4n) is 2.75. The molecule has 1 aromatic carbocycles. The molecule has 5 heteroatoms. The number of pyridine rings is 1. The van der Waals surface area contributed by atoms with Crippen LogP contribution in [-0.2, 0) is 11.3 Å². The number of likely N-dealkylation sites (N-methyl/N-ethyl adjacent to an activating group) is 1. The number of likely N-dealkylation sites (tertiary alicyclic amines) is 1.